The Hall–Kier alpha value is -1.19. The van der Waals surface area contributed by atoms with E-state index in [1.165, 1.54) is 0 Å². The van der Waals surface area contributed by atoms with Crippen LogP contribution >= 0.6 is 0 Å². The van der Waals surface area contributed by atoms with Crippen LogP contribution in [0.4, 0.5) is 0 Å². The third-order valence-electron chi connectivity index (χ3n) is 0.740. The first-order valence-corrected chi connectivity index (χ1v) is 2.14. The van der Waals surface area contributed by atoms with Crippen molar-refractivity contribution in [1.29, 1.82) is 0 Å². The number of carbonyl (C=O) groups excluding carboxylic acids is 2. The number of aliphatic imine (C=N–C) groups is 1. The Kier molecular flexibility index (Phi) is 1.07. The first-order valence-electron chi connectivity index (χ1n) is 2.14. The van der Waals surface area contributed by atoms with Crippen molar-refractivity contribution in [2.75, 3.05) is 6.54 Å². The van der Waals surface area contributed by atoms with E-state index in [4.69, 9.17) is 0 Å². The molecule has 1 N–H and O–H groups in total. The highest BCUT2D eigenvalue weighted by Crippen LogP contribution is 1.77. The highest BCUT2D eigenvalue weighted by molar-refractivity contribution is 6.30. The summed E-state index contributed by atoms with van der Waals surface area (Å²) in [5.41, 5.74) is 0. The number of nitrogens with one attached hydrogen (secondary N) is 1. The molecule has 0 bridgehead atoms. The average molecular weight is 112 g/mol. The first kappa shape index (κ1) is 4.96. The van der Waals surface area contributed by atoms with Crippen LogP contribution in [0, 0.1) is 0 Å². The Morgan fingerprint density at radius 3 is 2.75 bits per heavy atom. The van der Waals surface area contributed by atoms with Crippen molar-refractivity contribution >= 4 is 18.0 Å². The quantitative estimate of drug-likeness (QED) is 0.424. The molecular formula is C4H4N2O2. The van der Waals surface area contributed by atoms with E-state index >= 15 is 0 Å². The summed E-state index contributed by atoms with van der Waals surface area (Å²) in [6, 6.07) is 0. The van der Waals surface area contributed by atoms with Gasteiger partial charge in [0, 0.05) is 0 Å². The smallest absolute Gasteiger partial charge is 0.265 e. The zero-order valence-corrected chi connectivity index (χ0v) is 4.05. The largest absolute Gasteiger partial charge is 0.342 e. The summed E-state index contributed by atoms with van der Waals surface area (Å²) in [6.07, 6.45) is 0.978. The summed E-state index contributed by atoms with van der Waals surface area (Å²) < 4.78 is 0. The Balaban J connectivity index is 2.68. The Morgan fingerprint density at radius 2 is 2.38 bits per heavy atom. The van der Waals surface area contributed by atoms with Crippen LogP contribution in [-0.4, -0.2) is 24.6 Å². The maximum Gasteiger partial charge on any atom is 0.265 e. The van der Waals surface area contributed by atoms with Crippen molar-refractivity contribution in [3.05, 3.63) is 0 Å². The molecule has 4 nitrogen and oxygen atoms in total. The lowest BCUT2D eigenvalue weighted by Crippen LogP contribution is -2.33. The maximum atomic E-state index is 10.2. The van der Waals surface area contributed by atoms with Crippen LogP contribution in [0.15, 0.2) is 4.99 Å². The van der Waals surface area contributed by atoms with E-state index in [2.05, 4.69) is 10.3 Å². The molecule has 0 saturated carbocycles. The molecule has 4 heteroatoms. The molecule has 8 heavy (non-hydrogen) atoms. The van der Waals surface area contributed by atoms with Crippen molar-refractivity contribution in [2.24, 2.45) is 4.99 Å². The normalized spacial score (nSPS) is 18.5. The predicted molar refractivity (Wildman–Crippen MR) is 26.5 cm³/mol. The van der Waals surface area contributed by atoms with E-state index in [1.807, 2.05) is 0 Å². The molecule has 0 aromatic carbocycles. The van der Waals surface area contributed by atoms with Gasteiger partial charge in [0.05, 0.1) is 12.8 Å². The van der Waals surface area contributed by atoms with Gasteiger partial charge in [-0.2, -0.15) is 0 Å². The minimum absolute atomic E-state index is 0.0370. The minimum Gasteiger partial charge on any atom is -0.342 e. The third kappa shape index (κ3) is 0.900. The van der Waals surface area contributed by atoms with Crippen molar-refractivity contribution < 1.29 is 9.59 Å². The molecule has 0 fully saturated rings. The minimum atomic E-state index is -0.301. The van der Waals surface area contributed by atoms with Crippen molar-refractivity contribution in [2.45, 2.75) is 0 Å². The van der Waals surface area contributed by atoms with Crippen LogP contribution in [0.5, 0.6) is 0 Å². The molecule has 0 spiro atoms. The molecule has 0 unspecified atom stereocenters. The average Bonchev–Trinajstić information content (AvgIpc) is 1.77. The standard InChI is InChI=1S/C4H4N2O2/c7-3-1-5-4(8)2-6-3/h1H,2H2,(H,6,7). The molecule has 0 aromatic rings. The lowest BCUT2D eigenvalue weighted by molar-refractivity contribution is -0.122. The summed E-state index contributed by atoms with van der Waals surface area (Å²) >= 11 is 0. The number of amides is 2. The van der Waals surface area contributed by atoms with E-state index in [-0.39, 0.29) is 18.4 Å². The fourth-order valence-corrected chi connectivity index (χ4v) is 0.385. The van der Waals surface area contributed by atoms with Gasteiger partial charge in [-0.15, -0.1) is 0 Å². The van der Waals surface area contributed by atoms with Crippen LogP contribution in [0.1, 0.15) is 0 Å². The van der Waals surface area contributed by atoms with Crippen LogP contribution in [0.2, 0.25) is 0 Å². The van der Waals surface area contributed by atoms with Gasteiger partial charge in [0.2, 0.25) is 0 Å². The molecule has 1 heterocycles. The van der Waals surface area contributed by atoms with E-state index in [0.717, 1.165) is 6.21 Å². The second kappa shape index (κ2) is 1.73. The summed E-state index contributed by atoms with van der Waals surface area (Å²) in [5, 5.41) is 2.29. The lowest BCUT2D eigenvalue weighted by Gasteiger charge is -2.00. The highest BCUT2D eigenvalue weighted by Gasteiger charge is 2.06. The van der Waals surface area contributed by atoms with E-state index < -0.39 is 0 Å². The molecule has 42 valence electrons. The Morgan fingerprint density at radius 1 is 1.62 bits per heavy atom. The predicted octanol–water partition coefficient (Wildman–Crippen LogP) is -1.29. The number of rotatable bonds is 0. The third-order valence-corrected chi connectivity index (χ3v) is 0.740. The van der Waals surface area contributed by atoms with Crippen LogP contribution in [0.25, 0.3) is 0 Å². The molecule has 0 aliphatic carbocycles. The molecule has 0 saturated heterocycles. The van der Waals surface area contributed by atoms with E-state index in [9.17, 15) is 9.59 Å². The van der Waals surface area contributed by atoms with Gasteiger partial charge in [-0.3, -0.25) is 9.59 Å². The molecular weight excluding hydrogens is 108 g/mol. The second-order valence-corrected chi connectivity index (χ2v) is 1.37. The summed E-state index contributed by atoms with van der Waals surface area (Å²) in [5.74, 6) is -0.603. The zero-order valence-electron chi connectivity index (χ0n) is 4.05. The lowest BCUT2D eigenvalue weighted by atomic mass is 10.5. The summed E-state index contributed by atoms with van der Waals surface area (Å²) in [6.45, 7) is 0.0370. The number of nitrogens with zero attached hydrogens (tertiary/aromatic N) is 1. The highest BCUT2D eigenvalue weighted by atomic mass is 16.2. The molecule has 0 radical (unpaired) electrons. The van der Waals surface area contributed by atoms with Crippen molar-refractivity contribution in [1.82, 2.24) is 5.32 Å². The molecule has 1 rings (SSSR count). The summed E-state index contributed by atoms with van der Waals surface area (Å²) in [7, 11) is 0. The fraction of sp³-hybridized carbons (Fsp3) is 0.250. The van der Waals surface area contributed by atoms with Crippen LogP contribution in [-0.2, 0) is 9.59 Å². The van der Waals surface area contributed by atoms with E-state index in [0.29, 0.717) is 0 Å². The monoisotopic (exact) mass is 112 g/mol. The Labute approximate surface area is 45.6 Å². The number of carbonyl (C=O) groups is 2. The van der Waals surface area contributed by atoms with Gasteiger partial charge in [0.1, 0.15) is 0 Å². The molecule has 1 aliphatic heterocycles. The summed E-state index contributed by atoms with van der Waals surface area (Å²) in [4.78, 5) is 23.6. The first-order chi connectivity index (χ1) is 3.79. The van der Waals surface area contributed by atoms with Crippen LogP contribution in [0.3, 0.4) is 0 Å². The van der Waals surface area contributed by atoms with Gasteiger partial charge in [-0.25, -0.2) is 4.99 Å². The SMILES string of the molecule is O=C1CNC(=O)C=N1. The van der Waals surface area contributed by atoms with Gasteiger partial charge in [0.15, 0.2) is 0 Å². The van der Waals surface area contributed by atoms with Gasteiger partial charge >= 0.3 is 0 Å². The Bertz CT molecular complexity index is 143. The van der Waals surface area contributed by atoms with Gasteiger partial charge in [-0.1, -0.05) is 0 Å². The van der Waals surface area contributed by atoms with Crippen molar-refractivity contribution in [3.63, 3.8) is 0 Å². The molecule has 1 aliphatic rings. The van der Waals surface area contributed by atoms with Gasteiger partial charge in [-0.05, 0) is 0 Å². The number of hydrogen-bond donors (Lipinski definition) is 1. The van der Waals surface area contributed by atoms with Crippen LogP contribution < -0.4 is 5.32 Å². The number of hydrogen-bond acceptors (Lipinski definition) is 2. The van der Waals surface area contributed by atoms with E-state index in [1.54, 1.807) is 0 Å². The second-order valence-electron chi connectivity index (χ2n) is 1.37. The zero-order chi connectivity index (χ0) is 5.98. The maximum absolute atomic E-state index is 10.2. The molecule has 2 amide bonds. The fourth-order valence-electron chi connectivity index (χ4n) is 0.385. The molecule has 0 aromatic heterocycles. The van der Waals surface area contributed by atoms with Gasteiger partial charge < -0.3 is 5.32 Å². The molecule has 0 atom stereocenters. The van der Waals surface area contributed by atoms with Gasteiger partial charge in [0.25, 0.3) is 11.8 Å². The van der Waals surface area contributed by atoms with Crippen molar-refractivity contribution in [3.8, 4) is 0 Å². The topological polar surface area (TPSA) is 58.5 Å².